The van der Waals surface area contributed by atoms with Gasteiger partial charge in [0.15, 0.2) is 11.5 Å². The maximum absolute atomic E-state index is 5.98. The van der Waals surface area contributed by atoms with Crippen molar-refractivity contribution < 1.29 is 24.0 Å². The number of piperazine rings is 1. The van der Waals surface area contributed by atoms with Crippen LogP contribution in [0.4, 0.5) is 0 Å². The first-order valence-electron chi connectivity index (χ1n) is 9.33. The molecule has 5 nitrogen and oxygen atoms in total. The molecule has 0 aliphatic carbocycles. The molecule has 27 heavy (non-hydrogen) atoms. The summed E-state index contributed by atoms with van der Waals surface area (Å²) in [4.78, 5) is 3.20. The Hall–Kier alpha value is -1.95. The van der Waals surface area contributed by atoms with Gasteiger partial charge in [0.05, 0.1) is 26.9 Å². The fourth-order valence-electron chi connectivity index (χ4n) is 3.70. The summed E-state index contributed by atoms with van der Waals surface area (Å²) in [5.41, 5.74) is 2.51. The molecular formula is C21H29ClN2O3+2. The van der Waals surface area contributed by atoms with Gasteiger partial charge in [-0.05, 0) is 18.2 Å². The fourth-order valence-corrected chi connectivity index (χ4v) is 3.83. The van der Waals surface area contributed by atoms with Crippen LogP contribution in [-0.2, 0) is 13.1 Å². The van der Waals surface area contributed by atoms with E-state index in [-0.39, 0.29) is 0 Å². The molecule has 0 radical (unpaired) electrons. The molecule has 0 saturated carbocycles. The number of ether oxygens (including phenoxy) is 3. The number of nitrogens with one attached hydrogen (secondary N) is 2. The average Bonchev–Trinajstić information content (AvgIpc) is 2.70. The lowest BCUT2D eigenvalue weighted by Crippen LogP contribution is -3.27. The van der Waals surface area contributed by atoms with Crippen molar-refractivity contribution in [3.63, 3.8) is 0 Å². The first-order chi connectivity index (χ1) is 13.1. The van der Waals surface area contributed by atoms with Gasteiger partial charge >= 0.3 is 0 Å². The zero-order chi connectivity index (χ0) is 19.2. The summed E-state index contributed by atoms with van der Waals surface area (Å²) in [5, 5.41) is 0.798. The van der Waals surface area contributed by atoms with Crippen molar-refractivity contribution >= 4 is 11.6 Å². The van der Waals surface area contributed by atoms with Gasteiger partial charge in [0.25, 0.3) is 0 Å². The topological polar surface area (TPSA) is 36.6 Å². The summed E-state index contributed by atoms with van der Waals surface area (Å²) in [6.07, 6.45) is 0. The number of quaternary nitrogens is 2. The number of hydrogen-bond acceptors (Lipinski definition) is 3. The van der Waals surface area contributed by atoms with Crippen molar-refractivity contribution in [2.45, 2.75) is 13.1 Å². The predicted molar refractivity (Wildman–Crippen MR) is 106 cm³/mol. The van der Waals surface area contributed by atoms with Gasteiger partial charge in [0.2, 0.25) is 0 Å². The molecule has 1 aliphatic heterocycles. The molecule has 0 unspecified atom stereocenters. The Morgan fingerprint density at radius 3 is 1.81 bits per heavy atom. The van der Waals surface area contributed by atoms with E-state index < -0.39 is 0 Å². The van der Waals surface area contributed by atoms with Crippen LogP contribution in [0.2, 0.25) is 5.02 Å². The lowest BCUT2D eigenvalue weighted by Gasteiger charge is -2.30. The standard InChI is InChI=1S/C21H27ClN2O3/c1-25-19-13-21(27-3)20(26-2)12-17(19)15-24-10-8-23(9-11-24)14-16-4-6-18(22)7-5-16/h4-7,12-13H,8-11,14-15H2,1-3H3/p+2. The highest BCUT2D eigenvalue weighted by Gasteiger charge is 2.25. The quantitative estimate of drug-likeness (QED) is 0.733. The first kappa shape index (κ1) is 19.8. The molecule has 1 fully saturated rings. The Balaban J connectivity index is 1.59. The molecule has 0 spiro atoms. The second-order valence-electron chi connectivity index (χ2n) is 7.00. The second-order valence-corrected chi connectivity index (χ2v) is 7.44. The molecular weight excluding hydrogens is 364 g/mol. The number of rotatable bonds is 7. The molecule has 0 atom stereocenters. The van der Waals surface area contributed by atoms with E-state index in [2.05, 4.69) is 12.1 Å². The van der Waals surface area contributed by atoms with Crippen molar-refractivity contribution in [2.24, 2.45) is 0 Å². The fraction of sp³-hybridized carbons (Fsp3) is 0.429. The zero-order valence-corrected chi connectivity index (χ0v) is 17.1. The summed E-state index contributed by atoms with van der Waals surface area (Å²) < 4.78 is 16.4. The summed E-state index contributed by atoms with van der Waals surface area (Å²) in [5.74, 6) is 2.31. The molecule has 2 aromatic carbocycles. The summed E-state index contributed by atoms with van der Waals surface area (Å²) in [6, 6.07) is 12.2. The maximum Gasteiger partial charge on any atom is 0.164 e. The highest BCUT2D eigenvalue weighted by molar-refractivity contribution is 6.30. The van der Waals surface area contributed by atoms with Crippen LogP contribution < -0.4 is 24.0 Å². The Morgan fingerprint density at radius 2 is 1.26 bits per heavy atom. The van der Waals surface area contributed by atoms with E-state index in [1.165, 1.54) is 5.56 Å². The Bertz CT molecular complexity index is 744. The molecule has 0 aromatic heterocycles. The van der Waals surface area contributed by atoms with Crippen LogP contribution in [0.25, 0.3) is 0 Å². The lowest BCUT2D eigenvalue weighted by molar-refractivity contribution is -1.02. The van der Waals surface area contributed by atoms with Crippen LogP contribution >= 0.6 is 11.6 Å². The average molecular weight is 393 g/mol. The van der Waals surface area contributed by atoms with Crippen molar-refractivity contribution in [1.82, 2.24) is 0 Å². The van der Waals surface area contributed by atoms with E-state index in [4.69, 9.17) is 25.8 Å². The van der Waals surface area contributed by atoms with Crippen LogP contribution in [0, 0.1) is 0 Å². The normalized spacial score (nSPS) is 19.6. The van der Waals surface area contributed by atoms with E-state index in [1.807, 2.05) is 24.3 Å². The minimum atomic E-state index is 0.699. The maximum atomic E-state index is 5.98. The molecule has 2 N–H and O–H groups in total. The van der Waals surface area contributed by atoms with E-state index in [0.717, 1.165) is 61.4 Å². The van der Waals surface area contributed by atoms with Crippen molar-refractivity contribution in [2.75, 3.05) is 47.5 Å². The molecule has 1 heterocycles. The van der Waals surface area contributed by atoms with Crippen LogP contribution in [0.3, 0.4) is 0 Å². The first-order valence-corrected chi connectivity index (χ1v) is 9.71. The van der Waals surface area contributed by atoms with Crippen molar-refractivity contribution in [1.29, 1.82) is 0 Å². The largest absolute Gasteiger partial charge is 0.496 e. The third-order valence-corrected chi connectivity index (χ3v) is 5.51. The third-order valence-electron chi connectivity index (χ3n) is 5.26. The van der Waals surface area contributed by atoms with Gasteiger partial charge < -0.3 is 24.0 Å². The highest BCUT2D eigenvalue weighted by Crippen LogP contribution is 2.34. The van der Waals surface area contributed by atoms with Gasteiger partial charge in [0.1, 0.15) is 45.0 Å². The molecule has 0 bridgehead atoms. The van der Waals surface area contributed by atoms with E-state index >= 15 is 0 Å². The van der Waals surface area contributed by atoms with Gasteiger partial charge in [-0.15, -0.1) is 0 Å². The number of benzene rings is 2. The minimum absolute atomic E-state index is 0.699. The van der Waals surface area contributed by atoms with Crippen LogP contribution in [0.1, 0.15) is 11.1 Å². The highest BCUT2D eigenvalue weighted by atomic mass is 35.5. The van der Waals surface area contributed by atoms with Crippen LogP contribution in [0.5, 0.6) is 17.2 Å². The molecule has 146 valence electrons. The monoisotopic (exact) mass is 392 g/mol. The minimum Gasteiger partial charge on any atom is -0.496 e. The molecule has 1 saturated heterocycles. The summed E-state index contributed by atoms with van der Waals surface area (Å²) >= 11 is 5.98. The Kier molecular flexibility index (Phi) is 6.83. The molecule has 2 aromatic rings. The van der Waals surface area contributed by atoms with Crippen LogP contribution in [0.15, 0.2) is 36.4 Å². The van der Waals surface area contributed by atoms with Crippen LogP contribution in [-0.4, -0.2) is 47.5 Å². The number of hydrogen-bond donors (Lipinski definition) is 2. The van der Waals surface area contributed by atoms with Gasteiger partial charge in [-0.1, -0.05) is 23.7 Å². The zero-order valence-electron chi connectivity index (χ0n) is 16.3. The van der Waals surface area contributed by atoms with E-state index in [0.29, 0.717) is 5.75 Å². The molecule has 6 heteroatoms. The van der Waals surface area contributed by atoms with Gasteiger partial charge in [-0.2, -0.15) is 0 Å². The number of halogens is 1. The predicted octanol–water partition coefficient (Wildman–Crippen LogP) is 0.849. The van der Waals surface area contributed by atoms with E-state index in [1.54, 1.807) is 31.1 Å². The Morgan fingerprint density at radius 1 is 0.741 bits per heavy atom. The molecule has 1 aliphatic rings. The van der Waals surface area contributed by atoms with Gasteiger partial charge in [0, 0.05) is 16.7 Å². The summed E-state index contributed by atoms with van der Waals surface area (Å²) in [7, 11) is 5.01. The lowest BCUT2D eigenvalue weighted by atomic mass is 10.1. The van der Waals surface area contributed by atoms with E-state index in [9.17, 15) is 0 Å². The van der Waals surface area contributed by atoms with Gasteiger partial charge in [-0.25, -0.2) is 0 Å². The number of methoxy groups -OCH3 is 3. The second kappa shape index (κ2) is 9.31. The summed E-state index contributed by atoms with van der Waals surface area (Å²) in [6.45, 7) is 6.59. The van der Waals surface area contributed by atoms with Crippen molar-refractivity contribution in [3.05, 3.63) is 52.5 Å². The third kappa shape index (κ3) is 5.06. The van der Waals surface area contributed by atoms with Gasteiger partial charge in [-0.3, -0.25) is 0 Å². The van der Waals surface area contributed by atoms with Crippen molar-refractivity contribution in [3.8, 4) is 17.2 Å². The SMILES string of the molecule is COc1cc(OC)c(OC)cc1C[NH+]1CC[NH+](Cc2ccc(Cl)cc2)CC1. The molecule has 0 amide bonds. The smallest absolute Gasteiger partial charge is 0.164 e. The molecule has 3 rings (SSSR count). The Labute approximate surface area is 166 Å².